The molecule has 0 fully saturated rings. The Morgan fingerprint density at radius 2 is 2.12 bits per heavy atom. The first-order valence-electron chi connectivity index (χ1n) is 7.54. The average molecular weight is 345 g/mol. The lowest BCUT2D eigenvalue weighted by Gasteiger charge is -2.06. The third-order valence-corrected chi connectivity index (χ3v) is 3.98. The van der Waals surface area contributed by atoms with E-state index in [1.165, 1.54) is 31.2 Å². The predicted molar refractivity (Wildman–Crippen MR) is 86.1 cm³/mol. The summed E-state index contributed by atoms with van der Waals surface area (Å²) < 4.78 is 23.9. The zero-order chi connectivity index (χ0) is 18.1. The summed E-state index contributed by atoms with van der Waals surface area (Å²) in [5.41, 5.74) is 0.765. The maximum absolute atomic E-state index is 13.4. The predicted octanol–water partition coefficient (Wildman–Crippen LogP) is 2.48. The van der Waals surface area contributed by atoms with Crippen LogP contribution in [0.2, 0.25) is 0 Å². The normalized spacial score (nSPS) is 14.4. The van der Waals surface area contributed by atoms with Gasteiger partial charge in [0.1, 0.15) is 5.76 Å². The number of hydrogen-bond acceptors (Lipinski definition) is 5. The molecule has 6 nitrogen and oxygen atoms in total. The van der Waals surface area contributed by atoms with Crippen LogP contribution < -0.4 is 4.74 Å². The van der Waals surface area contributed by atoms with Crippen molar-refractivity contribution in [3.8, 4) is 5.75 Å². The summed E-state index contributed by atoms with van der Waals surface area (Å²) in [6.07, 6.45) is 0.341. The Labute approximate surface area is 143 Å². The largest absolute Gasteiger partial charge is 0.503 e. The van der Waals surface area contributed by atoms with Gasteiger partial charge < -0.3 is 19.2 Å². The Morgan fingerprint density at radius 1 is 1.36 bits per heavy atom. The lowest BCUT2D eigenvalue weighted by molar-refractivity contribution is -0.126. The SMILES string of the molecule is COc1cc(Cc2ccc(C(=O)C3=C(O)C(=O)N(C)C3)o2)ccc1F. The van der Waals surface area contributed by atoms with E-state index in [1.54, 1.807) is 18.2 Å². The summed E-state index contributed by atoms with van der Waals surface area (Å²) in [6.45, 7) is 0.0364. The number of hydrogen-bond donors (Lipinski definition) is 1. The lowest BCUT2D eigenvalue weighted by atomic mass is 10.1. The number of ketones is 1. The molecular weight excluding hydrogens is 329 g/mol. The summed E-state index contributed by atoms with van der Waals surface area (Å²) in [7, 11) is 2.88. The van der Waals surface area contributed by atoms with Crippen LogP contribution in [0.1, 0.15) is 21.9 Å². The van der Waals surface area contributed by atoms with Crippen molar-refractivity contribution in [2.45, 2.75) is 6.42 Å². The van der Waals surface area contributed by atoms with Crippen molar-refractivity contribution in [1.29, 1.82) is 0 Å². The first kappa shape index (κ1) is 16.8. The van der Waals surface area contributed by atoms with Gasteiger partial charge in [0.15, 0.2) is 23.1 Å². The molecule has 0 bridgehead atoms. The van der Waals surface area contributed by atoms with Gasteiger partial charge in [-0.2, -0.15) is 0 Å². The number of amides is 1. The van der Waals surface area contributed by atoms with E-state index in [-0.39, 0.29) is 23.6 Å². The molecular formula is C18H16FNO5. The number of furan rings is 1. The Hall–Kier alpha value is -3.09. The molecule has 1 aliphatic rings. The van der Waals surface area contributed by atoms with E-state index in [0.717, 1.165) is 5.56 Å². The molecule has 1 amide bonds. The second-order valence-electron chi connectivity index (χ2n) is 5.73. The highest BCUT2D eigenvalue weighted by Crippen LogP contribution is 2.24. The summed E-state index contributed by atoms with van der Waals surface area (Å²) in [4.78, 5) is 25.2. The van der Waals surface area contributed by atoms with E-state index in [4.69, 9.17) is 9.15 Å². The van der Waals surface area contributed by atoms with Crippen molar-refractivity contribution in [2.75, 3.05) is 20.7 Å². The third-order valence-electron chi connectivity index (χ3n) is 3.98. The van der Waals surface area contributed by atoms with Crippen LogP contribution >= 0.6 is 0 Å². The minimum Gasteiger partial charge on any atom is -0.503 e. The standard InChI is InChI=1S/C18H16FNO5/c1-20-9-12(17(22)18(20)23)16(21)14-6-4-11(25-14)7-10-3-5-13(19)15(8-10)24-2/h3-6,8,22H,7,9H2,1-2H3. The molecule has 2 heterocycles. The van der Waals surface area contributed by atoms with Crippen molar-refractivity contribution in [3.63, 3.8) is 0 Å². The van der Waals surface area contributed by atoms with Gasteiger partial charge in [-0.1, -0.05) is 6.07 Å². The Balaban J connectivity index is 1.79. The van der Waals surface area contributed by atoms with E-state index in [2.05, 4.69) is 0 Å². The van der Waals surface area contributed by atoms with E-state index in [0.29, 0.717) is 12.2 Å². The molecule has 0 unspecified atom stereocenters. The van der Waals surface area contributed by atoms with Gasteiger partial charge in [0.2, 0.25) is 5.78 Å². The van der Waals surface area contributed by atoms with Crippen LogP contribution in [0.5, 0.6) is 5.75 Å². The van der Waals surface area contributed by atoms with Gasteiger partial charge in [-0.15, -0.1) is 0 Å². The number of likely N-dealkylation sites (N-methyl/N-ethyl adjacent to an activating group) is 1. The fourth-order valence-electron chi connectivity index (χ4n) is 2.63. The second-order valence-corrected chi connectivity index (χ2v) is 5.73. The molecule has 0 radical (unpaired) electrons. The van der Waals surface area contributed by atoms with Gasteiger partial charge in [-0.25, -0.2) is 4.39 Å². The zero-order valence-electron chi connectivity index (χ0n) is 13.7. The highest BCUT2D eigenvalue weighted by Gasteiger charge is 2.33. The van der Waals surface area contributed by atoms with Gasteiger partial charge in [0.25, 0.3) is 5.91 Å². The van der Waals surface area contributed by atoms with Crippen molar-refractivity contribution < 1.29 is 28.2 Å². The number of benzene rings is 1. The number of aliphatic hydroxyl groups excluding tert-OH is 1. The fourth-order valence-corrected chi connectivity index (χ4v) is 2.63. The number of rotatable bonds is 5. The monoisotopic (exact) mass is 345 g/mol. The second kappa shape index (κ2) is 6.43. The van der Waals surface area contributed by atoms with Gasteiger partial charge in [-0.3, -0.25) is 9.59 Å². The first-order chi connectivity index (χ1) is 11.9. The van der Waals surface area contributed by atoms with Crippen LogP contribution in [0.25, 0.3) is 0 Å². The highest BCUT2D eigenvalue weighted by atomic mass is 19.1. The molecule has 130 valence electrons. The van der Waals surface area contributed by atoms with E-state index in [1.807, 2.05) is 0 Å². The topological polar surface area (TPSA) is 80.0 Å². The van der Waals surface area contributed by atoms with Crippen molar-refractivity contribution in [3.05, 3.63) is 64.6 Å². The number of aliphatic hydroxyl groups is 1. The van der Waals surface area contributed by atoms with Crippen LogP contribution in [0.4, 0.5) is 4.39 Å². The molecule has 0 saturated heterocycles. The molecule has 1 aromatic heterocycles. The molecule has 0 spiro atoms. The van der Waals surface area contributed by atoms with Crippen LogP contribution in [-0.4, -0.2) is 42.4 Å². The number of Topliss-reactive ketones (excluding diaryl/α,β-unsaturated/α-hetero) is 1. The number of nitrogens with zero attached hydrogens (tertiary/aromatic N) is 1. The third kappa shape index (κ3) is 3.13. The van der Waals surface area contributed by atoms with E-state index in [9.17, 15) is 19.1 Å². The summed E-state index contributed by atoms with van der Waals surface area (Å²) in [5, 5.41) is 9.76. The summed E-state index contributed by atoms with van der Waals surface area (Å²) in [6, 6.07) is 7.56. The molecule has 0 aliphatic carbocycles. The molecule has 25 heavy (non-hydrogen) atoms. The van der Waals surface area contributed by atoms with Crippen molar-refractivity contribution in [2.24, 2.45) is 0 Å². The van der Waals surface area contributed by atoms with Crippen LogP contribution in [-0.2, 0) is 11.2 Å². The molecule has 2 aromatic rings. The van der Waals surface area contributed by atoms with Gasteiger partial charge in [0, 0.05) is 13.5 Å². The molecule has 1 N–H and O–H groups in total. The number of methoxy groups -OCH3 is 1. The first-order valence-corrected chi connectivity index (χ1v) is 7.54. The summed E-state index contributed by atoms with van der Waals surface area (Å²) >= 11 is 0. The van der Waals surface area contributed by atoms with Crippen LogP contribution in [0.3, 0.4) is 0 Å². The van der Waals surface area contributed by atoms with E-state index >= 15 is 0 Å². The zero-order valence-corrected chi connectivity index (χ0v) is 13.7. The molecule has 7 heteroatoms. The smallest absolute Gasteiger partial charge is 0.289 e. The van der Waals surface area contributed by atoms with Crippen LogP contribution in [0, 0.1) is 5.82 Å². The van der Waals surface area contributed by atoms with Crippen molar-refractivity contribution in [1.82, 2.24) is 4.90 Å². The van der Waals surface area contributed by atoms with E-state index < -0.39 is 23.3 Å². The number of carbonyl (C=O) groups excluding carboxylic acids is 2. The number of carbonyl (C=O) groups is 2. The molecule has 3 rings (SSSR count). The summed E-state index contributed by atoms with van der Waals surface area (Å²) in [5.74, 6) is -1.47. The number of ether oxygens (including phenoxy) is 1. The minimum atomic E-state index is -0.589. The molecule has 1 aliphatic heterocycles. The highest BCUT2D eigenvalue weighted by molar-refractivity contribution is 6.14. The van der Waals surface area contributed by atoms with Gasteiger partial charge in [-0.05, 0) is 29.8 Å². The Morgan fingerprint density at radius 3 is 2.76 bits per heavy atom. The van der Waals surface area contributed by atoms with Gasteiger partial charge in [0.05, 0.1) is 19.2 Å². The van der Waals surface area contributed by atoms with Crippen LogP contribution in [0.15, 0.2) is 46.1 Å². The molecule has 1 aromatic carbocycles. The Kier molecular flexibility index (Phi) is 4.31. The maximum atomic E-state index is 13.4. The molecule has 0 atom stereocenters. The van der Waals surface area contributed by atoms with Gasteiger partial charge >= 0.3 is 0 Å². The van der Waals surface area contributed by atoms with Crippen molar-refractivity contribution >= 4 is 11.7 Å². The fraction of sp³-hybridized carbons (Fsp3) is 0.222. The average Bonchev–Trinajstić information content (AvgIpc) is 3.16. The quantitative estimate of drug-likeness (QED) is 0.842. The minimum absolute atomic E-state index is 0.0110. The maximum Gasteiger partial charge on any atom is 0.289 e. The Bertz CT molecular complexity index is 883. The molecule has 0 saturated carbocycles. The number of halogens is 1. The lowest BCUT2D eigenvalue weighted by Crippen LogP contribution is -2.22.